The van der Waals surface area contributed by atoms with Gasteiger partial charge in [-0.15, -0.1) is 0 Å². The number of hydrogen-bond donors (Lipinski definition) is 0. The molecule has 0 radical (unpaired) electrons. The minimum Gasteiger partial charge on any atom is -0.322 e. The summed E-state index contributed by atoms with van der Waals surface area (Å²) >= 11 is 5.97. The van der Waals surface area contributed by atoms with E-state index in [4.69, 9.17) is 11.6 Å². The van der Waals surface area contributed by atoms with Crippen molar-refractivity contribution in [2.45, 2.75) is 19.4 Å². The summed E-state index contributed by atoms with van der Waals surface area (Å²) < 4.78 is 0. The van der Waals surface area contributed by atoms with Crippen LogP contribution in [0.4, 0.5) is 11.5 Å². The van der Waals surface area contributed by atoms with Gasteiger partial charge in [0, 0.05) is 11.7 Å². The van der Waals surface area contributed by atoms with Gasteiger partial charge in [0.15, 0.2) is 6.29 Å². The molecule has 1 aliphatic heterocycles. The summed E-state index contributed by atoms with van der Waals surface area (Å²) in [5.74, 6) is 0.576. The van der Waals surface area contributed by atoms with Gasteiger partial charge >= 0.3 is 0 Å². The van der Waals surface area contributed by atoms with Crippen LogP contribution in [0.1, 0.15) is 22.8 Å². The Kier molecular flexibility index (Phi) is 2.95. The fourth-order valence-electron chi connectivity index (χ4n) is 2.55. The van der Waals surface area contributed by atoms with Gasteiger partial charge in [0.2, 0.25) is 0 Å². The van der Waals surface area contributed by atoms with E-state index in [2.05, 4.69) is 23.0 Å². The summed E-state index contributed by atoms with van der Waals surface area (Å²) in [6.45, 7) is 2.10. The van der Waals surface area contributed by atoms with Crippen LogP contribution in [0.2, 0.25) is 5.15 Å². The van der Waals surface area contributed by atoms with Crippen molar-refractivity contribution < 1.29 is 4.79 Å². The molecule has 2 aromatic rings. The Morgan fingerprint density at radius 3 is 2.95 bits per heavy atom. The number of rotatable bonds is 2. The Morgan fingerprint density at radius 2 is 2.16 bits per heavy atom. The normalized spacial score (nSPS) is 17.4. The molecule has 2 heterocycles. The van der Waals surface area contributed by atoms with Crippen molar-refractivity contribution in [3.8, 4) is 0 Å². The van der Waals surface area contributed by atoms with Crippen LogP contribution in [0.15, 0.2) is 30.6 Å². The van der Waals surface area contributed by atoms with E-state index in [0.29, 0.717) is 17.7 Å². The number of halogens is 1. The first-order chi connectivity index (χ1) is 9.22. The Balaban J connectivity index is 2.18. The quantitative estimate of drug-likeness (QED) is 0.623. The molecule has 5 heteroatoms. The zero-order valence-electron chi connectivity index (χ0n) is 10.4. The fraction of sp³-hybridized carbons (Fsp3) is 0.214. The molecule has 0 amide bonds. The molecular formula is C14H12ClN3O. The van der Waals surface area contributed by atoms with Gasteiger partial charge in [-0.1, -0.05) is 29.8 Å². The second kappa shape index (κ2) is 4.63. The average Bonchev–Trinajstić information content (AvgIpc) is 2.74. The van der Waals surface area contributed by atoms with Crippen molar-refractivity contribution in [2.24, 2.45) is 0 Å². The van der Waals surface area contributed by atoms with Crippen LogP contribution in [0.5, 0.6) is 0 Å². The van der Waals surface area contributed by atoms with Crippen molar-refractivity contribution in [3.63, 3.8) is 0 Å². The van der Waals surface area contributed by atoms with Gasteiger partial charge < -0.3 is 4.90 Å². The molecule has 1 aromatic heterocycles. The predicted molar refractivity (Wildman–Crippen MR) is 74.2 cm³/mol. The molecule has 1 aromatic carbocycles. The Hall–Kier alpha value is -1.94. The van der Waals surface area contributed by atoms with Crippen LogP contribution in [0.3, 0.4) is 0 Å². The third-order valence-corrected chi connectivity index (χ3v) is 3.67. The lowest BCUT2D eigenvalue weighted by atomic mass is 10.1. The highest BCUT2D eigenvalue weighted by Gasteiger charge is 2.30. The first kappa shape index (κ1) is 12.1. The highest BCUT2D eigenvalue weighted by molar-refractivity contribution is 6.32. The highest BCUT2D eigenvalue weighted by Crippen LogP contribution is 2.38. The minimum atomic E-state index is 0.191. The van der Waals surface area contributed by atoms with Crippen molar-refractivity contribution in [1.82, 2.24) is 9.97 Å². The lowest BCUT2D eigenvalue weighted by Gasteiger charge is -2.24. The first-order valence-electron chi connectivity index (χ1n) is 6.05. The molecule has 0 saturated carbocycles. The second-order valence-electron chi connectivity index (χ2n) is 4.57. The van der Waals surface area contributed by atoms with Crippen molar-refractivity contribution in [3.05, 3.63) is 46.9 Å². The largest absolute Gasteiger partial charge is 0.322 e. The molecule has 1 aliphatic rings. The summed E-state index contributed by atoms with van der Waals surface area (Å²) in [6, 6.07) is 8.36. The number of nitrogens with zero attached hydrogens (tertiary/aromatic N) is 3. The zero-order chi connectivity index (χ0) is 13.4. The monoisotopic (exact) mass is 273 g/mol. The van der Waals surface area contributed by atoms with E-state index in [-0.39, 0.29) is 11.2 Å². The van der Waals surface area contributed by atoms with Crippen LogP contribution in [-0.4, -0.2) is 22.3 Å². The molecular weight excluding hydrogens is 262 g/mol. The van der Waals surface area contributed by atoms with E-state index in [0.717, 1.165) is 12.1 Å². The number of aldehydes is 1. The van der Waals surface area contributed by atoms with Gasteiger partial charge in [-0.3, -0.25) is 4.79 Å². The Bertz CT molecular complexity index is 644. The van der Waals surface area contributed by atoms with Gasteiger partial charge in [0.25, 0.3) is 0 Å². The fourth-order valence-corrected chi connectivity index (χ4v) is 2.72. The van der Waals surface area contributed by atoms with Gasteiger partial charge in [0.1, 0.15) is 17.3 Å². The molecule has 1 unspecified atom stereocenters. The van der Waals surface area contributed by atoms with Crippen molar-refractivity contribution in [2.75, 3.05) is 4.90 Å². The molecule has 0 saturated heterocycles. The zero-order valence-corrected chi connectivity index (χ0v) is 11.1. The SMILES string of the molecule is CC1Cc2ccccc2N1c1ncnc(Cl)c1C=O. The molecule has 0 bridgehead atoms. The van der Waals surface area contributed by atoms with Crippen molar-refractivity contribution in [1.29, 1.82) is 0 Å². The van der Waals surface area contributed by atoms with Crippen LogP contribution < -0.4 is 4.90 Å². The standard InChI is InChI=1S/C14H12ClN3O/c1-9-6-10-4-2-3-5-12(10)18(9)14-11(7-19)13(15)16-8-17-14/h2-5,7-9H,6H2,1H3. The maximum absolute atomic E-state index is 11.2. The first-order valence-corrected chi connectivity index (χ1v) is 6.43. The van der Waals surface area contributed by atoms with E-state index in [1.165, 1.54) is 11.9 Å². The molecule has 0 N–H and O–H groups in total. The maximum atomic E-state index is 11.2. The van der Waals surface area contributed by atoms with Crippen LogP contribution in [0.25, 0.3) is 0 Å². The van der Waals surface area contributed by atoms with E-state index >= 15 is 0 Å². The Morgan fingerprint density at radius 1 is 1.37 bits per heavy atom. The number of carbonyl (C=O) groups excluding carboxylic acids is 1. The van der Waals surface area contributed by atoms with Crippen LogP contribution >= 0.6 is 11.6 Å². The third kappa shape index (κ3) is 1.88. The highest BCUT2D eigenvalue weighted by atomic mass is 35.5. The number of aromatic nitrogens is 2. The van der Waals surface area contributed by atoms with E-state index in [1.807, 2.05) is 23.1 Å². The number of hydrogen-bond acceptors (Lipinski definition) is 4. The molecule has 0 fully saturated rings. The van der Waals surface area contributed by atoms with Gasteiger partial charge in [0.05, 0.1) is 5.56 Å². The third-order valence-electron chi connectivity index (χ3n) is 3.37. The average molecular weight is 274 g/mol. The Labute approximate surface area is 116 Å². The molecule has 3 rings (SSSR count). The number of benzene rings is 1. The lowest BCUT2D eigenvalue weighted by Crippen LogP contribution is -2.26. The number of carbonyl (C=O) groups is 1. The summed E-state index contributed by atoms with van der Waals surface area (Å²) in [5, 5.41) is 0.191. The number of anilines is 2. The predicted octanol–water partition coefficient (Wildman–Crippen LogP) is 3.03. The molecule has 1 atom stereocenters. The van der Waals surface area contributed by atoms with E-state index < -0.39 is 0 Å². The lowest BCUT2D eigenvalue weighted by molar-refractivity contribution is 0.112. The summed E-state index contributed by atoms with van der Waals surface area (Å²) in [5.41, 5.74) is 2.67. The molecule has 0 spiro atoms. The minimum absolute atomic E-state index is 0.191. The van der Waals surface area contributed by atoms with Gasteiger partial charge in [-0.05, 0) is 25.0 Å². The topological polar surface area (TPSA) is 46.1 Å². The van der Waals surface area contributed by atoms with Crippen molar-refractivity contribution >= 4 is 29.4 Å². The van der Waals surface area contributed by atoms with Gasteiger partial charge in [-0.2, -0.15) is 0 Å². The van der Waals surface area contributed by atoms with E-state index in [9.17, 15) is 4.79 Å². The molecule has 96 valence electrons. The number of fused-ring (bicyclic) bond motifs is 1. The molecule has 4 nitrogen and oxygen atoms in total. The maximum Gasteiger partial charge on any atom is 0.156 e. The van der Waals surface area contributed by atoms with Crippen LogP contribution in [-0.2, 0) is 6.42 Å². The summed E-state index contributed by atoms with van der Waals surface area (Å²) in [6.07, 6.45) is 3.03. The summed E-state index contributed by atoms with van der Waals surface area (Å²) in [7, 11) is 0. The van der Waals surface area contributed by atoms with Gasteiger partial charge in [-0.25, -0.2) is 9.97 Å². The molecule has 0 aliphatic carbocycles. The second-order valence-corrected chi connectivity index (χ2v) is 4.93. The summed E-state index contributed by atoms with van der Waals surface area (Å²) in [4.78, 5) is 21.4. The number of para-hydroxylation sites is 1. The van der Waals surface area contributed by atoms with E-state index in [1.54, 1.807) is 0 Å². The van der Waals surface area contributed by atoms with Crippen LogP contribution in [0, 0.1) is 0 Å². The molecule has 19 heavy (non-hydrogen) atoms. The smallest absolute Gasteiger partial charge is 0.156 e.